The largest absolute Gasteiger partial charge is 0.339 e. The fourth-order valence-electron chi connectivity index (χ4n) is 1.49. The number of rotatable bonds is 3. The summed E-state index contributed by atoms with van der Waals surface area (Å²) in [4.78, 5) is 8.31. The molecule has 1 aromatic heterocycles. The molecule has 0 aliphatic heterocycles. The molecule has 0 atom stereocenters. The maximum absolute atomic E-state index is 5.30. The van der Waals surface area contributed by atoms with Crippen molar-refractivity contribution in [2.24, 2.45) is 5.84 Å². The van der Waals surface area contributed by atoms with Crippen LogP contribution in [0, 0.1) is 13.8 Å². The number of halogens is 1. The summed E-state index contributed by atoms with van der Waals surface area (Å²) < 4.78 is 0.989. The highest BCUT2D eigenvalue weighted by Gasteiger charge is 2.06. The third-order valence-corrected chi connectivity index (χ3v) is 3.13. The van der Waals surface area contributed by atoms with Gasteiger partial charge in [0.2, 0.25) is 5.95 Å². The standard InChI is InChI=1S/C12H14BrN5/c1-7-3-4-10(9(13)5-7)16-11-8(2)6-15-12(17-11)18-14/h3-6H,14H2,1-2H3,(H2,15,16,17,18). The first kappa shape index (κ1) is 12.8. The van der Waals surface area contributed by atoms with Crippen LogP contribution in [-0.2, 0) is 0 Å². The third-order valence-electron chi connectivity index (χ3n) is 2.48. The molecule has 0 saturated carbocycles. The summed E-state index contributed by atoms with van der Waals surface area (Å²) in [5.74, 6) is 6.41. The summed E-state index contributed by atoms with van der Waals surface area (Å²) in [6, 6.07) is 6.07. The molecule has 0 saturated heterocycles. The second-order valence-corrected chi connectivity index (χ2v) is 4.83. The van der Waals surface area contributed by atoms with Crippen molar-refractivity contribution in [1.82, 2.24) is 9.97 Å². The molecular weight excluding hydrogens is 294 g/mol. The Morgan fingerprint density at radius 3 is 2.72 bits per heavy atom. The van der Waals surface area contributed by atoms with Gasteiger partial charge in [-0.15, -0.1) is 0 Å². The molecule has 0 aliphatic rings. The molecule has 0 bridgehead atoms. The lowest BCUT2D eigenvalue weighted by atomic mass is 10.2. The molecule has 5 nitrogen and oxygen atoms in total. The van der Waals surface area contributed by atoms with E-state index >= 15 is 0 Å². The van der Waals surface area contributed by atoms with Gasteiger partial charge in [0.25, 0.3) is 0 Å². The van der Waals surface area contributed by atoms with Crippen molar-refractivity contribution in [3.05, 3.63) is 40.0 Å². The highest BCUT2D eigenvalue weighted by Crippen LogP contribution is 2.27. The van der Waals surface area contributed by atoms with Gasteiger partial charge in [0.1, 0.15) is 5.82 Å². The summed E-state index contributed by atoms with van der Waals surface area (Å²) in [5.41, 5.74) is 5.52. The number of nitrogens with zero attached hydrogens (tertiary/aromatic N) is 2. The Balaban J connectivity index is 2.33. The highest BCUT2D eigenvalue weighted by molar-refractivity contribution is 9.10. The fraction of sp³-hybridized carbons (Fsp3) is 0.167. The van der Waals surface area contributed by atoms with Crippen molar-refractivity contribution in [3.63, 3.8) is 0 Å². The van der Waals surface area contributed by atoms with E-state index in [4.69, 9.17) is 5.84 Å². The molecule has 6 heteroatoms. The van der Waals surface area contributed by atoms with E-state index in [0.717, 1.165) is 21.5 Å². The van der Waals surface area contributed by atoms with E-state index in [-0.39, 0.29) is 0 Å². The quantitative estimate of drug-likeness (QED) is 0.600. The lowest BCUT2D eigenvalue weighted by molar-refractivity contribution is 1.09. The maximum atomic E-state index is 5.30. The molecule has 18 heavy (non-hydrogen) atoms. The van der Waals surface area contributed by atoms with Crippen LogP contribution in [0.5, 0.6) is 0 Å². The molecular formula is C12H14BrN5. The number of nitrogens with one attached hydrogen (secondary N) is 2. The molecule has 2 rings (SSSR count). The Morgan fingerprint density at radius 1 is 1.28 bits per heavy atom. The van der Waals surface area contributed by atoms with Crippen LogP contribution in [0.15, 0.2) is 28.9 Å². The number of hydrogen-bond donors (Lipinski definition) is 3. The van der Waals surface area contributed by atoms with Crippen molar-refractivity contribution < 1.29 is 0 Å². The molecule has 94 valence electrons. The minimum atomic E-state index is 0.381. The van der Waals surface area contributed by atoms with Crippen LogP contribution in [0.3, 0.4) is 0 Å². The van der Waals surface area contributed by atoms with Crippen molar-refractivity contribution in [2.45, 2.75) is 13.8 Å². The van der Waals surface area contributed by atoms with Gasteiger partial charge in [0.05, 0.1) is 5.69 Å². The minimum absolute atomic E-state index is 0.381. The third kappa shape index (κ3) is 2.77. The summed E-state index contributed by atoms with van der Waals surface area (Å²) >= 11 is 3.52. The molecule has 1 aromatic carbocycles. The Labute approximate surface area is 114 Å². The van der Waals surface area contributed by atoms with Crippen LogP contribution in [0.25, 0.3) is 0 Å². The predicted octanol–water partition coefficient (Wildman–Crippen LogP) is 2.89. The van der Waals surface area contributed by atoms with Crippen LogP contribution in [-0.4, -0.2) is 9.97 Å². The number of nitrogens with two attached hydrogens (primary N) is 1. The average molecular weight is 308 g/mol. The summed E-state index contributed by atoms with van der Waals surface area (Å²) in [5, 5.41) is 3.25. The zero-order chi connectivity index (χ0) is 13.1. The Hall–Kier alpha value is -1.66. The molecule has 0 spiro atoms. The van der Waals surface area contributed by atoms with Crippen LogP contribution >= 0.6 is 15.9 Å². The number of benzene rings is 1. The van der Waals surface area contributed by atoms with Gasteiger partial charge in [-0.3, -0.25) is 5.43 Å². The minimum Gasteiger partial charge on any atom is -0.339 e. The average Bonchev–Trinajstić information content (AvgIpc) is 2.35. The van der Waals surface area contributed by atoms with E-state index in [2.05, 4.69) is 36.6 Å². The highest BCUT2D eigenvalue weighted by atomic mass is 79.9. The topological polar surface area (TPSA) is 75.9 Å². The second-order valence-electron chi connectivity index (χ2n) is 3.98. The number of aromatic nitrogens is 2. The monoisotopic (exact) mass is 307 g/mol. The van der Waals surface area contributed by atoms with Gasteiger partial charge in [-0.2, -0.15) is 4.98 Å². The van der Waals surface area contributed by atoms with Crippen molar-refractivity contribution >= 4 is 33.4 Å². The number of anilines is 3. The van der Waals surface area contributed by atoms with Crippen molar-refractivity contribution in [1.29, 1.82) is 0 Å². The van der Waals surface area contributed by atoms with Gasteiger partial charge in [0.15, 0.2) is 0 Å². The second kappa shape index (κ2) is 5.32. The van der Waals surface area contributed by atoms with Gasteiger partial charge in [-0.1, -0.05) is 6.07 Å². The van der Waals surface area contributed by atoms with Crippen LogP contribution < -0.4 is 16.6 Å². The molecule has 0 unspecified atom stereocenters. The van der Waals surface area contributed by atoms with Crippen molar-refractivity contribution in [2.75, 3.05) is 10.7 Å². The number of nitrogen functional groups attached to an aromatic ring is 1. The maximum Gasteiger partial charge on any atom is 0.239 e. The van der Waals surface area contributed by atoms with Gasteiger partial charge in [-0.25, -0.2) is 10.8 Å². The molecule has 1 heterocycles. The molecule has 2 aromatic rings. The molecule has 4 N–H and O–H groups in total. The van der Waals surface area contributed by atoms with Crippen LogP contribution in [0.1, 0.15) is 11.1 Å². The smallest absolute Gasteiger partial charge is 0.239 e. The Kier molecular flexibility index (Phi) is 3.78. The lowest BCUT2D eigenvalue weighted by Gasteiger charge is -2.11. The number of hydrogen-bond acceptors (Lipinski definition) is 5. The first-order valence-corrected chi connectivity index (χ1v) is 6.23. The van der Waals surface area contributed by atoms with Gasteiger partial charge in [-0.05, 0) is 47.5 Å². The Bertz CT molecular complexity index is 570. The lowest BCUT2D eigenvalue weighted by Crippen LogP contribution is -2.11. The number of hydrazine groups is 1. The van der Waals surface area contributed by atoms with Crippen molar-refractivity contribution in [3.8, 4) is 0 Å². The molecule has 0 amide bonds. The summed E-state index contributed by atoms with van der Waals surface area (Å²) in [6.07, 6.45) is 1.71. The summed E-state index contributed by atoms with van der Waals surface area (Å²) in [7, 11) is 0. The first-order chi connectivity index (χ1) is 8.60. The van der Waals surface area contributed by atoms with E-state index in [1.807, 2.05) is 32.0 Å². The van der Waals surface area contributed by atoms with E-state index in [0.29, 0.717) is 5.95 Å². The van der Waals surface area contributed by atoms with E-state index < -0.39 is 0 Å². The van der Waals surface area contributed by atoms with Gasteiger partial charge < -0.3 is 5.32 Å². The zero-order valence-corrected chi connectivity index (χ0v) is 11.7. The molecule has 0 aliphatic carbocycles. The normalized spacial score (nSPS) is 10.2. The first-order valence-electron chi connectivity index (χ1n) is 5.43. The van der Waals surface area contributed by atoms with Crippen LogP contribution in [0.4, 0.5) is 17.5 Å². The number of aryl methyl sites for hydroxylation is 2. The molecule has 0 radical (unpaired) electrons. The predicted molar refractivity (Wildman–Crippen MR) is 76.7 cm³/mol. The van der Waals surface area contributed by atoms with Gasteiger partial charge >= 0.3 is 0 Å². The zero-order valence-electron chi connectivity index (χ0n) is 10.2. The molecule has 0 fully saturated rings. The van der Waals surface area contributed by atoms with E-state index in [1.54, 1.807) is 6.20 Å². The fourth-order valence-corrected chi connectivity index (χ4v) is 2.08. The van der Waals surface area contributed by atoms with Gasteiger partial charge in [0, 0.05) is 16.2 Å². The summed E-state index contributed by atoms with van der Waals surface area (Å²) in [6.45, 7) is 3.98. The van der Waals surface area contributed by atoms with E-state index in [9.17, 15) is 0 Å². The van der Waals surface area contributed by atoms with Crippen LogP contribution in [0.2, 0.25) is 0 Å². The Morgan fingerprint density at radius 2 is 2.06 bits per heavy atom. The SMILES string of the molecule is Cc1ccc(Nc2nc(NN)ncc2C)c(Br)c1. The van der Waals surface area contributed by atoms with E-state index in [1.165, 1.54) is 5.56 Å².